The van der Waals surface area contributed by atoms with E-state index in [9.17, 15) is 5.26 Å². The first kappa shape index (κ1) is 33.2. The second-order valence-electron chi connectivity index (χ2n) is 14.4. The summed E-state index contributed by atoms with van der Waals surface area (Å²) < 4.78 is 4.72. The summed E-state index contributed by atoms with van der Waals surface area (Å²) in [6, 6.07) is 69.1. The predicted molar refractivity (Wildman–Crippen MR) is 235 cm³/mol. The molecule has 3 heterocycles. The van der Waals surface area contributed by atoms with Gasteiger partial charge in [-0.3, -0.25) is 0 Å². The van der Waals surface area contributed by atoms with Crippen LogP contribution in [0.1, 0.15) is 5.56 Å². The lowest BCUT2D eigenvalue weighted by Crippen LogP contribution is -2.00. The van der Waals surface area contributed by atoms with E-state index in [1.807, 2.05) is 84.9 Å². The lowest BCUT2D eigenvalue weighted by Gasteiger charge is -2.11. The zero-order valence-corrected chi connectivity index (χ0v) is 31.2. The standard InChI is InChI=1S/C52H32N6/c53-33-38-31-37(52-55-50(34-15-5-1-6-16-34)54-51(56-52)35-17-7-2-8-18-35)26-27-41(38)36-25-28-43-47(32-36)58(40-21-11-4-12-22-40)46-30-29-45-48(49(43)46)42-23-13-14-24-44(42)57(45)39-19-9-3-10-20-39/h1-32H. The van der Waals surface area contributed by atoms with Gasteiger partial charge in [0.1, 0.15) is 0 Å². The van der Waals surface area contributed by atoms with Crippen molar-refractivity contribution in [2.75, 3.05) is 0 Å². The highest BCUT2D eigenvalue weighted by Crippen LogP contribution is 2.43. The van der Waals surface area contributed by atoms with Gasteiger partial charge in [-0.15, -0.1) is 0 Å². The summed E-state index contributed by atoms with van der Waals surface area (Å²) in [5.74, 6) is 1.66. The van der Waals surface area contributed by atoms with E-state index in [0.29, 0.717) is 23.0 Å². The lowest BCUT2D eigenvalue weighted by molar-refractivity contribution is 1.07. The number of rotatable bonds is 6. The second kappa shape index (κ2) is 13.6. The van der Waals surface area contributed by atoms with Crippen molar-refractivity contribution in [2.45, 2.75) is 0 Å². The molecule has 11 rings (SSSR count). The number of para-hydroxylation sites is 3. The van der Waals surface area contributed by atoms with Crippen LogP contribution in [0.5, 0.6) is 0 Å². The Bertz CT molecular complexity index is 3320. The number of aromatic nitrogens is 5. The maximum Gasteiger partial charge on any atom is 0.164 e. The fourth-order valence-corrected chi connectivity index (χ4v) is 8.41. The molecule has 11 aromatic rings. The van der Waals surface area contributed by atoms with Gasteiger partial charge in [-0.25, -0.2) is 15.0 Å². The van der Waals surface area contributed by atoms with Crippen LogP contribution in [0, 0.1) is 11.3 Å². The van der Waals surface area contributed by atoms with Gasteiger partial charge in [0.15, 0.2) is 17.5 Å². The topological polar surface area (TPSA) is 72.3 Å². The zero-order valence-electron chi connectivity index (χ0n) is 31.2. The molecular weight excluding hydrogens is 709 g/mol. The summed E-state index contributed by atoms with van der Waals surface area (Å²) in [7, 11) is 0. The first-order chi connectivity index (χ1) is 28.7. The summed E-state index contributed by atoms with van der Waals surface area (Å²) in [5, 5.41) is 15.4. The van der Waals surface area contributed by atoms with E-state index in [2.05, 4.69) is 124 Å². The second-order valence-corrected chi connectivity index (χ2v) is 14.4. The van der Waals surface area contributed by atoms with E-state index in [1.54, 1.807) is 0 Å². The fraction of sp³-hybridized carbons (Fsp3) is 0. The molecule has 0 spiro atoms. The largest absolute Gasteiger partial charge is 0.309 e. The van der Waals surface area contributed by atoms with Crippen LogP contribution in [0.15, 0.2) is 194 Å². The SMILES string of the molecule is N#Cc1cc(-c2nc(-c3ccccc3)nc(-c3ccccc3)n2)ccc1-c1ccc2c3c4c5ccccc5n(-c5ccccc5)c4ccc3n(-c3ccccc3)c2c1. The van der Waals surface area contributed by atoms with Crippen molar-refractivity contribution >= 4 is 43.6 Å². The number of hydrogen-bond acceptors (Lipinski definition) is 4. The molecule has 0 bridgehead atoms. The summed E-state index contributed by atoms with van der Waals surface area (Å²) in [5.41, 5.74) is 11.6. The Balaban J connectivity index is 1.11. The molecular formula is C52H32N6. The van der Waals surface area contributed by atoms with E-state index in [4.69, 9.17) is 15.0 Å². The lowest BCUT2D eigenvalue weighted by atomic mass is 9.96. The highest BCUT2D eigenvalue weighted by Gasteiger charge is 2.22. The molecule has 0 fully saturated rings. The monoisotopic (exact) mass is 740 g/mol. The summed E-state index contributed by atoms with van der Waals surface area (Å²) in [6.07, 6.45) is 0. The molecule has 58 heavy (non-hydrogen) atoms. The smallest absolute Gasteiger partial charge is 0.164 e. The van der Waals surface area contributed by atoms with Gasteiger partial charge < -0.3 is 9.13 Å². The third-order valence-electron chi connectivity index (χ3n) is 11.0. The molecule has 0 unspecified atom stereocenters. The molecule has 0 atom stereocenters. The van der Waals surface area contributed by atoms with Crippen LogP contribution in [-0.2, 0) is 0 Å². The Labute approximate surface area is 334 Å². The van der Waals surface area contributed by atoms with Crippen molar-refractivity contribution in [1.29, 1.82) is 5.26 Å². The van der Waals surface area contributed by atoms with Crippen molar-refractivity contribution < 1.29 is 0 Å². The number of nitriles is 1. The van der Waals surface area contributed by atoms with Gasteiger partial charge in [-0.1, -0.05) is 140 Å². The summed E-state index contributed by atoms with van der Waals surface area (Å²) in [4.78, 5) is 14.7. The van der Waals surface area contributed by atoms with E-state index >= 15 is 0 Å². The number of benzene rings is 8. The molecule has 3 aromatic heterocycles. The highest BCUT2D eigenvalue weighted by molar-refractivity contribution is 6.29. The Morgan fingerprint density at radius 2 is 0.828 bits per heavy atom. The molecule has 0 saturated heterocycles. The van der Waals surface area contributed by atoms with E-state index in [-0.39, 0.29) is 0 Å². The van der Waals surface area contributed by atoms with E-state index in [1.165, 1.54) is 16.2 Å². The van der Waals surface area contributed by atoms with Crippen LogP contribution >= 0.6 is 0 Å². The zero-order chi connectivity index (χ0) is 38.6. The first-order valence-corrected chi connectivity index (χ1v) is 19.3. The predicted octanol–water partition coefficient (Wildman–Crippen LogP) is 12.6. The van der Waals surface area contributed by atoms with Gasteiger partial charge in [0.2, 0.25) is 0 Å². The van der Waals surface area contributed by atoms with Crippen LogP contribution in [-0.4, -0.2) is 24.1 Å². The van der Waals surface area contributed by atoms with Crippen LogP contribution in [0.2, 0.25) is 0 Å². The highest BCUT2D eigenvalue weighted by atomic mass is 15.0. The molecule has 0 amide bonds. The van der Waals surface area contributed by atoms with Gasteiger partial charge in [0.25, 0.3) is 0 Å². The molecule has 0 aliphatic carbocycles. The average Bonchev–Trinajstić information content (AvgIpc) is 3.82. The third kappa shape index (κ3) is 5.37. The maximum atomic E-state index is 10.7. The Kier molecular flexibility index (Phi) is 7.76. The fourth-order valence-electron chi connectivity index (χ4n) is 8.41. The first-order valence-electron chi connectivity index (χ1n) is 19.3. The minimum Gasteiger partial charge on any atom is -0.309 e. The molecule has 6 nitrogen and oxygen atoms in total. The molecule has 6 heteroatoms. The van der Waals surface area contributed by atoms with Crippen molar-refractivity contribution in [1.82, 2.24) is 24.1 Å². The van der Waals surface area contributed by atoms with Gasteiger partial charge in [0.05, 0.1) is 33.7 Å². The van der Waals surface area contributed by atoms with E-state index < -0.39 is 0 Å². The Morgan fingerprint density at radius 1 is 0.362 bits per heavy atom. The molecule has 0 aliphatic heterocycles. The molecule has 0 saturated carbocycles. The summed E-state index contributed by atoms with van der Waals surface area (Å²) in [6.45, 7) is 0. The van der Waals surface area contributed by atoms with Gasteiger partial charge in [-0.2, -0.15) is 5.26 Å². The minimum atomic E-state index is 0.508. The van der Waals surface area contributed by atoms with Crippen molar-refractivity contribution in [3.63, 3.8) is 0 Å². The average molecular weight is 741 g/mol. The molecule has 8 aromatic carbocycles. The molecule has 0 N–H and O–H groups in total. The van der Waals surface area contributed by atoms with E-state index in [0.717, 1.165) is 66.6 Å². The Hall–Kier alpha value is -8.14. The molecule has 0 radical (unpaired) electrons. The minimum absolute atomic E-state index is 0.508. The maximum absolute atomic E-state index is 10.7. The normalized spacial score (nSPS) is 11.4. The van der Waals surface area contributed by atoms with Gasteiger partial charge >= 0.3 is 0 Å². The number of fused-ring (bicyclic) bond motifs is 7. The van der Waals surface area contributed by atoms with Crippen molar-refractivity contribution in [2.24, 2.45) is 0 Å². The van der Waals surface area contributed by atoms with Gasteiger partial charge in [-0.05, 0) is 65.7 Å². The van der Waals surface area contributed by atoms with Crippen molar-refractivity contribution in [3.8, 4) is 62.7 Å². The third-order valence-corrected chi connectivity index (χ3v) is 11.0. The van der Waals surface area contributed by atoms with Crippen molar-refractivity contribution in [3.05, 3.63) is 200 Å². The molecule has 270 valence electrons. The van der Waals surface area contributed by atoms with Gasteiger partial charge in [0, 0.05) is 49.6 Å². The quantitative estimate of drug-likeness (QED) is 0.170. The number of hydrogen-bond donors (Lipinski definition) is 0. The molecule has 0 aliphatic rings. The van der Waals surface area contributed by atoms with Crippen LogP contribution in [0.4, 0.5) is 0 Å². The van der Waals surface area contributed by atoms with Crippen LogP contribution in [0.25, 0.3) is 100 Å². The number of nitrogens with zero attached hydrogens (tertiary/aromatic N) is 6. The van der Waals surface area contributed by atoms with Crippen LogP contribution < -0.4 is 0 Å². The Morgan fingerprint density at radius 3 is 1.40 bits per heavy atom. The summed E-state index contributed by atoms with van der Waals surface area (Å²) >= 11 is 0. The van der Waals surface area contributed by atoms with Crippen LogP contribution in [0.3, 0.4) is 0 Å².